The van der Waals surface area contributed by atoms with Crippen LogP contribution in [-0.4, -0.2) is 35.5 Å². The lowest BCUT2D eigenvalue weighted by Gasteiger charge is -2.21. The first-order valence-corrected chi connectivity index (χ1v) is 6.80. The van der Waals surface area contributed by atoms with E-state index >= 15 is 0 Å². The maximum absolute atomic E-state index is 12.4. The summed E-state index contributed by atoms with van der Waals surface area (Å²) in [7, 11) is 0. The number of carbonyl (C=O) groups excluding carboxylic acids is 1. The number of rotatable bonds is 7. The Hall–Kier alpha value is -1.62. The van der Waals surface area contributed by atoms with Crippen molar-refractivity contribution >= 4 is 23.1 Å². The fourth-order valence-electron chi connectivity index (χ4n) is 1.74. The Kier molecular flexibility index (Phi) is 6.29. The number of nitrogens with zero attached hydrogens (tertiary/aromatic N) is 1. The number of carbonyl (C=O) groups is 1. The van der Waals surface area contributed by atoms with Crippen molar-refractivity contribution in [1.29, 1.82) is 0 Å². The minimum absolute atomic E-state index is 0.0530. The minimum atomic E-state index is -0.0530. The smallest absolute Gasteiger partial charge is 0.257 e. The second-order valence-corrected chi connectivity index (χ2v) is 4.55. The standard InChI is InChI=1S/C14H20N2O2S/c1-3-16(10-9-13(15)19)14(17)11-7-5-6-8-12(11)18-4-2/h5-8H,3-4,9-10H2,1-2H3,(H2,15,19). The van der Waals surface area contributed by atoms with Crippen molar-refractivity contribution in [3.05, 3.63) is 29.8 Å². The Balaban J connectivity index is 2.87. The second-order valence-electron chi connectivity index (χ2n) is 4.03. The van der Waals surface area contributed by atoms with E-state index in [0.29, 0.717) is 42.4 Å². The molecule has 2 N–H and O–H groups in total. The van der Waals surface area contributed by atoms with E-state index in [1.54, 1.807) is 17.0 Å². The lowest BCUT2D eigenvalue weighted by atomic mass is 10.1. The van der Waals surface area contributed by atoms with Gasteiger partial charge in [-0.1, -0.05) is 24.4 Å². The minimum Gasteiger partial charge on any atom is -0.493 e. The third-order valence-corrected chi connectivity index (χ3v) is 2.92. The van der Waals surface area contributed by atoms with Gasteiger partial charge in [0.1, 0.15) is 5.75 Å². The van der Waals surface area contributed by atoms with Crippen molar-refractivity contribution in [2.24, 2.45) is 5.73 Å². The SMILES string of the molecule is CCOc1ccccc1C(=O)N(CC)CCC(N)=S. The molecule has 0 aliphatic carbocycles. The van der Waals surface area contributed by atoms with Gasteiger partial charge in [0.05, 0.1) is 17.2 Å². The highest BCUT2D eigenvalue weighted by molar-refractivity contribution is 7.80. The normalized spacial score (nSPS) is 10.0. The van der Waals surface area contributed by atoms with Gasteiger partial charge in [-0.05, 0) is 26.0 Å². The van der Waals surface area contributed by atoms with E-state index in [1.807, 2.05) is 26.0 Å². The van der Waals surface area contributed by atoms with Crippen LogP contribution >= 0.6 is 12.2 Å². The summed E-state index contributed by atoms with van der Waals surface area (Å²) in [5.74, 6) is 0.562. The zero-order chi connectivity index (χ0) is 14.3. The molecule has 0 aliphatic rings. The molecule has 0 saturated heterocycles. The number of hydrogen-bond donors (Lipinski definition) is 1. The summed E-state index contributed by atoms with van der Waals surface area (Å²) in [6.07, 6.45) is 0.533. The molecule has 0 heterocycles. The van der Waals surface area contributed by atoms with E-state index < -0.39 is 0 Å². The Morgan fingerprint density at radius 3 is 2.63 bits per heavy atom. The van der Waals surface area contributed by atoms with Crippen molar-refractivity contribution in [3.8, 4) is 5.75 Å². The topological polar surface area (TPSA) is 55.6 Å². The summed E-state index contributed by atoms with van der Waals surface area (Å²) in [4.78, 5) is 14.6. The maximum atomic E-state index is 12.4. The highest BCUT2D eigenvalue weighted by Crippen LogP contribution is 2.20. The number of para-hydroxylation sites is 1. The summed E-state index contributed by atoms with van der Waals surface area (Å²) in [6, 6.07) is 7.26. The van der Waals surface area contributed by atoms with Crippen molar-refractivity contribution in [2.75, 3.05) is 19.7 Å². The van der Waals surface area contributed by atoms with Crippen LogP contribution in [0.5, 0.6) is 5.75 Å². The number of hydrogen-bond acceptors (Lipinski definition) is 3. The molecule has 0 fully saturated rings. The van der Waals surface area contributed by atoms with Crippen molar-refractivity contribution in [1.82, 2.24) is 4.90 Å². The van der Waals surface area contributed by atoms with Gasteiger partial charge in [0.25, 0.3) is 5.91 Å². The molecule has 0 aliphatic heterocycles. The highest BCUT2D eigenvalue weighted by atomic mass is 32.1. The molecule has 1 aromatic rings. The van der Waals surface area contributed by atoms with Crippen LogP contribution in [0.2, 0.25) is 0 Å². The summed E-state index contributed by atoms with van der Waals surface area (Å²) < 4.78 is 5.48. The van der Waals surface area contributed by atoms with Gasteiger partial charge in [0.15, 0.2) is 0 Å². The van der Waals surface area contributed by atoms with E-state index in [0.717, 1.165) is 0 Å². The zero-order valence-corrected chi connectivity index (χ0v) is 12.2. The van der Waals surface area contributed by atoms with Gasteiger partial charge in [-0.25, -0.2) is 0 Å². The highest BCUT2D eigenvalue weighted by Gasteiger charge is 2.18. The molecule has 0 atom stereocenters. The first-order chi connectivity index (χ1) is 9.10. The average molecular weight is 280 g/mol. The molecule has 0 bridgehead atoms. The van der Waals surface area contributed by atoms with Gasteiger partial charge in [-0.2, -0.15) is 0 Å². The monoisotopic (exact) mass is 280 g/mol. The van der Waals surface area contributed by atoms with Crippen LogP contribution in [0.3, 0.4) is 0 Å². The van der Waals surface area contributed by atoms with Gasteiger partial charge in [0, 0.05) is 19.5 Å². The van der Waals surface area contributed by atoms with Crippen LogP contribution in [0.15, 0.2) is 24.3 Å². The average Bonchev–Trinajstić information content (AvgIpc) is 2.40. The van der Waals surface area contributed by atoms with Gasteiger partial charge in [0.2, 0.25) is 0 Å². The first-order valence-electron chi connectivity index (χ1n) is 6.39. The van der Waals surface area contributed by atoms with E-state index in [-0.39, 0.29) is 5.91 Å². The molecule has 1 rings (SSSR count). The van der Waals surface area contributed by atoms with Crippen LogP contribution < -0.4 is 10.5 Å². The number of benzene rings is 1. The van der Waals surface area contributed by atoms with Crippen LogP contribution in [0, 0.1) is 0 Å². The Labute approximate surface area is 119 Å². The molecule has 19 heavy (non-hydrogen) atoms. The van der Waals surface area contributed by atoms with E-state index in [2.05, 4.69) is 0 Å². The molecule has 0 aromatic heterocycles. The fraction of sp³-hybridized carbons (Fsp3) is 0.429. The van der Waals surface area contributed by atoms with Gasteiger partial charge < -0.3 is 15.4 Å². The Morgan fingerprint density at radius 2 is 2.05 bits per heavy atom. The first kappa shape index (κ1) is 15.4. The lowest BCUT2D eigenvalue weighted by Crippen LogP contribution is -2.33. The number of nitrogens with two attached hydrogens (primary N) is 1. The zero-order valence-electron chi connectivity index (χ0n) is 11.4. The van der Waals surface area contributed by atoms with Crippen molar-refractivity contribution in [3.63, 3.8) is 0 Å². The van der Waals surface area contributed by atoms with E-state index in [4.69, 9.17) is 22.7 Å². The lowest BCUT2D eigenvalue weighted by molar-refractivity contribution is 0.0765. The molecule has 4 nitrogen and oxygen atoms in total. The summed E-state index contributed by atoms with van der Waals surface area (Å²) in [6.45, 7) is 5.50. The molecule has 1 aromatic carbocycles. The van der Waals surface area contributed by atoms with Gasteiger partial charge in [-0.3, -0.25) is 4.79 Å². The molecule has 5 heteroatoms. The quantitative estimate of drug-likeness (QED) is 0.778. The molecule has 0 unspecified atom stereocenters. The van der Waals surface area contributed by atoms with Crippen LogP contribution in [-0.2, 0) is 0 Å². The van der Waals surface area contributed by atoms with Crippen molar-refractivity contribution in [2.45, 2.75) is 20.3 Å². The second kappa shape index (κ2) is 7.74. The third kappa shape index (κ3) is 4.52. The largest absolute Gasteiger partial charge is 0.493 e. The molecule has 1 amide bonds. The van der Waals surface area contributed by atoms with E-state index in [1.165, 1.54) is 0 Å². The maximum Gasteiger partial charge on any atom is 0.257 e. The van der Waals surface area contributed by atoms with Crippen LogP contribution in [0.4, 0.5) is 0 Å². The number of thiocarbonyl (C=S) groups is 1. The third-order valence-electron chi connectivity index (χ3n) is 2.71. The predicted octanol–water partition coefficient (Wildman–Crippen LogP) is 2.22. The molecular formula is C14H20N2O2S. The van der Waals surface area contributed by atoms with Crippen LogP contribution in [0.1, 0.15) is 30.6 Å². The Morgan fingerprint density at radius 1 is 1.37 bits per heavy atom. The van der Waals surface area contributed by atoms with E-state index in [9.17, 15) is 4.79 Å². The van der Waals surface area contributed by atoms with Crippen molar-refractivity contribution < 1.29 is 9.53 Å². The number of ether oxygens (including phenoxy) is 1. The Bertz CT molecular complexity index is 449. The molecular weight excluding hydrogens is 260 g/mol. The summed E-state index contributed by atoms with van der Waals surface area (Å²) in [5, 5.41) is 0. The summed E-state index contributed by atoms with van der Waals surface area (Å²) >= 11 is 4.85. The molecule has 0 radical (unpaired) electrons. The van der Waals surface area contributed by atoms with Crippen LogP contribution in [0.25, 0.3) is 0 Å². The molecule has 104 valence electrons. The predicted molar refractivity (Wildman–Crippen MR) is 80.6 cm³/mol. The van der Waals surface area contributed by atoms with Gasteiger partial charge >= 0.3 is 0 Å². The summed E-state index contributed by atoms with van der Waals surface area (Å²) in [5.41, 5.74) is 6.06. The number of amides is 1. The molecule has 0 spiro atoms. The fourth-order valence-corrected chi connectivity index (χ4v) is 1.83. The van der Waals surface area contributed by atoms with Gasteiger partial charge in [-0.15, -0.1) is 0 Å². The molecule has 0 saturated carbocycles.